The van der Waals surface area contributed by atoms with Crippen LogP contribution in [-0.2, 0) is 0 Å². The summed E-state index contributed by atoms with van der Waals surface area (Å²) in [5, 5.41) is 0. The second-order valence-electron chi connectivity index (χ2n) is 7.44. The number of likely N-dealkylation sites (N-methyl/N-ethyl adjacent to an activating group) is 1. The molecule has 2 saturated heterocycles. The molecule has 0 radical (unpaired) electrons. The number of benzene rings is 1. The van der Waals surface area contributed by atoms with Gasteiger partial charge >= 0.3 is 0 Å². The van der Waals surface area contributed by atoms with Crippen LogP contribution >= 0.6 is 0 Å². The van der Waals surface area contributed by atoms with E-state index in [9.17, 15) is 4.79 Å². The number of carbonyl (C=O) groups is 1. The van der Waals surface area contributed by atoms with Gasteiger partial charge in [-0.1, -0.05) is 30.3 Å². The molecule has 1 aromatic carbocycles. The highest BCUT2D eigenvalue weighted by Gasteiger charge is 2.46. The molecule has 0 aliphatic carbocycles. The van der Waals surface area contributed by atoms with Gasteiger partial charge < -0.3 is 4.90 Å². The standard InChI is InChI=1S/C21H25N3O/c1-23-16-19(17-5-3-2-4-6-17)15-21(23)9-13-24(14-10-21)20(25)18-7-11-22-12-8-18/h2-8,11-12,19H,9-10,13-16H2,1H3. The number of amides is 1. The summed E-state index contributed by atoms with van der Waals surface area (Å²) in [5.74, 6) is 0.742. The van der Waals surface area contributed by atoms with Crippen molar-refractivity contribution in [3.8, 4) is 0 Å². The predicted octanol–water partition coefficient (Wildman–Crippen LogP) is 3.18. The summed E-state index contributed by atoms with van der Waals surface area (Å²) < 4.78 is 0. The molecule has 1 aromatic heterocycles. The van der Waals surface area contributed by atoms with E-state index in [0.717, 1.165) is 38.0 Å². The van der Waals surface area contributed by atoms with Crippen LogP contribution in [0.1, 0.15) is 41.1 Å². The Balaban J connectivity index is 1.43. The van der Waals surface area contributed by atoms with Crippen LogP contribution in [0, 0.1) is 0 Å². The lowest BCUT2D eigenvalue weighted by atomic mass is 9.81. The Morgan fingerprint density at radius 2 is 1.76 bits per heavy atom. The van der Waals surface area contributed by atoms with E-state index in [1.165, 1.54) is 12.0 Å². The molecule has 0 bridgehead atoms. The molecule has 25 heavy (non-hydrogen) atoms. The van der Waals surface area contributed by atoms with Gasteiger partial charge in [0.2, 0.25) is 0 Å². The van der Waals surface area contributed by atoms with E-state index in [2.05, 4.69) is 47.3 Å². The number of hydrogen-bond acceptors (Lipinski definition) is 3. The molecule has 4 rings (SSSR count). The van der Waals surface area contributed by atoms with E-state index >= 15 is 0 Å². The van der Waals surface area contributed by atoms with Gasteiger partial charge in [-0.05, 0) is 49.9 Å². The molecule has 1 amide bonds. The third kappa shape index (κ3) is 3.07. The molecule has 4 heteroatoms. The van der Waals surface area contributed by atoms with Crippen molar-refractivity contribution in [1.29, 1.82) is 0 Å². The highest BCUT2D eigenvalue weighted by molar-refractivity contribution is 5.94. The third-order valence-corrected chi connectivity index (χ3v) is 6.11. The zero-order valence-corrected chi connectivity index (χ0v) is 14.8. The molecule has 3 heterocycles. The summed E-state index contributed by atoms with van der Waals surface area (Å²) in [5.41, 5.74) is 2.43. The van der Waals surface area contributed by atoms with Crippen molar-refractivity contribution in [3.63, 3.8) is 0 Å². The van der Waals surface area contributed by atoms with Gasteiger partial charge in [0.1, 0.15) is 0 Å². The van der Waals surface area contributed by atoms with Crippen molar-refractivity contribution in [2.75, 3.05) is 26.7 Å². The fourth-order valence-corrected chi connectivity index (χ4v) is 4.54. The number of pyridine rings is 1. The summed E-state index contributed by atoms with van der Waals surface area (Å²) in [6.45, 7) is 2.79. The first-order valence-corrected chi connectivity index (χ1v) is 9.13. The lowest BCUT2D eigenvalue weighted by Crippen LogP contribution is -2.52. The van der Waals surface area contributed by atoms with Gasteiger partial charge in [-0.25, -0.2) is 0 Å². The highest BCUT2D eigenvalue weighted by atomic mass is 16.2. The monoisotopic (exact) mass is 335 g/mol. The van der Waals surface area contributed by atoms with Gasteiger partial charge in [-0.3, -0.25) is 14.7 Å². The van der Waals surface area contributed by atoms with E-state index in [1.54, 1.807) is 24.5 Å². The maximum atomic E-state index is 12.7. The van der Waals surface area contributed by atoms with Crippen molar-refractivity contribution in [2.45, 2.75) is 30.7 Å². The van der Waals surface area contributed by atoms with Crippen LogP contribution in [0.5, 0.6) is 0 Å². The van der Waals surface area contributed by atoms with Gasteiger partial charge in [0, 0.05) is 43.1 Å². The average molecular weight is 335 g/mol. The largest absolute Gasteiger partial charge is 0.339 e. The molecule has 1 unspecified atom stereocenters. The van der Waals surface area contributed by atoms with Gasteiger partial charge in [-0.2, -0.15) is 0 Å². The summed E-state index contributed by atoms with van der Waals surface area (Å²) in [4.78, 5) is 21.2. The van der Waals surface area contributed by atoms with Crippen molar-refractivity contribution in [1.82, 2.24) is 14.8 Å². The molecule has 1 atom stereocenters. The molecule has 2 aliphatic heterocycles. The van der Waals surface area contributed by atoms with E-state index in [4.69, 9.17) is 0 Å². The normalized spacial score (nSPS) is 23.1. The van der Waals surface area contributed by atoms with Crippen LogP contribution in [0.2, 0.25) is 0 Å². The molecule has 2 fully saturated rings. The Labute approximate surface area is 149 Å². The van der Waals surface area contributed by atoms with Gasteiger partial charge in [-0.15, -0.1) is 0 Å². The molecule has 0 saturated carbocycles. The van der Waals surface area contributed by atoms with Crippen molar-refractivity contribution < 1.29 is 4.79 Å². The summed E-state index contributed by atoms with van der Waals surface area (Å²) in [6, 6.07) is 14.5. The Morgan fingerprint density at radius 3 is 2.44 bits per heavy atom. The SMILES string of the molecule is CN1CC(c2ccccc2)CC12CCN(C(=O)c1ccncc1)CC2. The van der Waals surface area contributed by atoms with Crippen LogP contribution in [0.25, 0.3) is 0 Å². The van der Waals surface area contributed by atoms with E-state index in [0.29, 0.717) is 5.92 Å². The summed E-state index contributed by atoms with van der Waals surface area (Å²) in [7, 11) is 2.25. The molecule has 1 spiro atoms. The number of rotatable bonds is 2. The fraction of sp³-hybridized carbons (Fsp3) is 0.429. The van der Waals surface area contributed by atoms with Crippen LogP contribution in [-0.4, -0.2) is 52.9 Å². The van der Waals surface area contributed by atoms with Gasteiger partial charge in [0.25, 0.3) is 5.91 Å². The summed E-state index contributed by atoms with van der Waals surface area (Å²) >= 11 is 0. The van der Waals surface area contributed by atoms with Crippen LogP contribution in [0.3, 0.4) is 0 Å². The molecule has 2 aliphatic rings. The second-order valence-corrected chi connectivity index (χ2v) is 7.44. The first-order chi connectivity index (χ1) is 12.2. The fourth-order valence-electron chi connectivity index (χ4n) is 4.54. The van der Waals surface area contributed by atoms with Crippen molar-refractivity contribution in [2.24, 2.45) is 0 Å². The smallest absolute Gasteiger partial charge is 0.253 e. The van der Waals surface area contributed by atoms with E-state index < -0.39 is 0 Å². The van der Waals surface area contributed by atoms with Gasteiger partial charge in [0.15, 0.2) is 0 Å². The third-order valence-electron chi connectivity index (χ3n) is 6.11. The number of carbonyl (C=O) groups excluding carboxylic acids is 1. The Hall–Kier alpha value is -2.20. The maximum absolute atomic E-state index is 12.7. The van der Waals surface area contributed by atoms with Crippen molar-refractivity contribution >= 4 is 5.91 Å². The number of likely N-dealkylation sites (tertiary alicyclic amines) is 2. The Kier molecular flexibility index (Phi) is 4.30. The van der Waals surface area contributed by atoms with Crippen molar-refractivity contribution in [3.05, 3.63) is 66.0 Å². The number of aromatic nitrogens is 1. The molecule has 2 aromatic rings. The predicted molar refractivity (Wildman–Crippen MR) is 98.5 cm³/mol. The minimum absolute atomic E-state index is 0.137. The molecular formula is C21H25N3O. The first kappa shape index (κ1) is 16.3. The number of hydrogen-bond donors (Lipinski definition) is 0. The lowest BCUT2D eigenvalue weighted by Gasteiger charge is -2.43. The molecule has 0 N–H and O–H groups in total. The second kappa shape index (κ2) is 6.60. The van der Waals surface area contributed by atoms with Gasteiger partial charge in [0.05, 0.1) is 0 Å². The molecular weight excluding hydrogens is 310 g/mol. The topological polar surface area (TPSA) is 36.4 Å². The molecule has 4 nitrogen and oxygen atoms in total. The van der Waals surface area contributed by atoms with Crippen LogP contribution in [0.4, 0.5) is 0 Å². The van der Waals surface area contributed by atoms with Crippen LogP contribution < -0.4 is 0 Å². The average Bonchev–Trinajstić information content (AvgIpc) is 2.99. The van der Waals surface area contributed by atoms with Crippen LogP contribution in [0.15, 0.2) is 54.9 Å². The van der Waals surface area contributed by atoms with E-state index in [1.807, 2.05) is 4.90 Å². The molecule has 130 valence electrons. The first-order valence-electron chi connectivity index (χ1n) is 9.13. The minimum atomic E-state index is 0.137. The number of nitrogens with zero attached hydrogens (tertiary/aromatic N) is 3. The number of piperidine rings is 1. The zero-order chi connectivity index (χ0) is 17.3. The Bertz CT molecular complexity index is 723. The Morgan fingerprint density at radius 1 is 1.08 bits per heavy atom. The zero-order valence-electron chi connectivity index (χ0n) is 14.8. The minimum Gasteiger partial charge on any atom is -0.339 e. The maximum Gasteiger partial charge on any atom is 0.253 e. The summed E-state index contributed by atoms with van der Waals surface area (Å²) in [6.07, 6.45) is 6.69. The van der Waals surface area contributed by atoms with E-state index in [-0.39, 0.29) is 11.4 Å². The quantitative estimate of drug-likeness (QED) is 0.846. The lowest BCUT2D eigenvalue weighted by molar-refractivity contribution is 0.0492. The highest BCUT2D eigenvalue weighted by Crippen LogP contribution is 2.44.